The van der Waals surface area contributed by atoms with Crippen LogP contribution in [0.3, 0.4) is 0 Å². The molecule has 0 aliphatic carbocycles. The van der Waals surface area contributed by atoms with E-state index in [2.05, 4.69) is 10.3 Å². The zero-order valence-electron chi connectivity index (χ0n) is 19.6. The molecule has 2 rings (SSSR count). The van der Waals surface area contributed by atoms with Crippen molar-refractivity contribution in [1.82, 2.24) is 14.9 Å². The largest absolute Gasteiger partial charge is 0.383 e. The van der Waals surface area contributed by atoms with E-state index in [1.807, 2.05) is 27.7 Å². The van der Waals surface area contributed by atoms with Crippen molar-refractivity contribution in [2.75, 3.05) is 23.8 Å². The quantitative estimate of drug-likeness (QED) is 0.464. The van der Waals surface area contributed by atoms with Crippen LogP contribution in [0, 0.1) is 5.92 Å². The molecule has 0 spiro atoms. The second-order valence-corrected chi connectivity index (χ2v) is 8.80. The number of aromatic amines is 1. The van der Waals surface area contributed by atoms with Crippen molar-refractivity contribution in [2.45, 2.75) is 84.9 Å². The Labute approximate surface area is 188 Å². The molecule has 180 valence electrons. The zero-order chi connectivity index (χ0) is 23.8. The summed E-state index contributed by atoms with van der Waals surface area (Å²) in [7, 11) is 0. The lowest BCUT2D eigenvalue weighted by Crippen LogP contribution is -2.44. The Morgan fingerprint density at radius 3 is 2.59 bits per heavy atom. The van der Waals surface area contributed by atoms with Gasteiger partial charge in [0.1, 0.15) is 5.82 Å². The van der Waals surface area contributed by atoms with Crippen molar-refractivity contribution in [3.05, 3.63) is 20.8 Å². The topological polar surface area (TPSA) is 140 Å². The first-order valence-electron chi connectivity index (χ1n) is 11.5. The molecule has 0 aromatic carbocycles. The number of carbonyl (C=O) groups is 2. The maximum atomic E-state index is 13.1. The molecule has 0 radical (unpaired) electrons. The van der Waals surface area contributed by atoms with Gasteiger partial charge in [-0.2, -0.15) is 0 Å². The summed E-state index contributed by atoms with van der Waals surface area (Å²) in [6, 6.07) is -0.132. The predicted molar refractivity (Wildman–Crippen MR) is 124 cm³/mol. The van der Waals surface area contributed by atoms with Crippen molar-refractivity contribution in [2.24, 2.45) is 5.92 Å². The van der Waals surface area contributed by atoms with Gasteiger partial charge in [0.05, 0.1) is 12.1 Å². The van der Waals surface area contributed by atoms with Crippen LogP contribution >= 0.6 is 0 Å². The highest BCUT2D eigenvalue weighted by molar-refractivity contribution is 5.97. The molecular formula is C22H37N5O5. The summed E-state index contributed by atoms with van der Waals surface area (Å²) >= 11 is 0. The molecule has 1 aliphatic heterocycles. The SMILES string of the molecule is CCCCn1c(N)c(N(CC(C)C)C(=O)CCC(=O)NC(C)C2CCCO2)c(=O)[nH]c1=O. The van der Waals surface area contributed by atoms with Crippen LogP contribution in [0.4, 0.5) is 11.5 Å². The lowest BCUT2D eigenvalue weighted by molar-refractivity contribution is -0.126. The van der Waals surface area contributed by atoms with Crippen LogP contribution in [0.5, 0.6) is 0 Å². The van der Waals surface area contributed by atoms with Crippen LogP contribution in [0.25, 0.3) is 0 Å². The number of H-pyrrole nitrogens is 1. The fourth-order valence-electron chi connectivity index (χ4n) is 3.83. The molecule has 0 saturated carbocycles. The highest BCUT2D eigenvalue weighted by Gasteiger charge is 2.27. The standard InChI is InChI=1S/C22H37N5O5/c1-5-6-11-26-20(23)19(21(30)25-22(26)31)27(13-14(2)3)18(29)10-9-17(28)24-15(4)16-8-7-12-32-16/h14-16H,5-13,23H2,1-4H3,(H,24,28)(H,25,30,31). The third-order valence-corrected chi connectivity index (χ3v) is 5.55. The molecule has 4 N–H and O–H groups in total. The second-order valence-electron chi connectivity index (χ2n) is 8.80. The van der Waals surface area contributed by atoms with Crippen LogP contribution in [0.2, 0.25) is 0 Å². The highest BCUT2D eigenvalue weighted by atomic mass is 16.5. The molecule has 0 bridgehead atoms. The summed E-state index contributed by atoms with van der Waals surface area (Å²) in [5.74, 6) is -0.628. The molecule has 2 unspecified atom stereocenters. The zero-order valence-corrected chi connectivity index (χ0v) is 19.6. The summed E-state index contributed by atoms with van der Waals surface area (Å²) in [5, 5.41) is 2.89. The lowest BCUT2D eigenvalue weighted by atomic mass is 10.1. The maximum absolute atomic E-state index is 13.1. The molecule has 2 heterocycles. The van der Waals surface area contributed by atoms with E-state index in [4.69, 9.17) is 10.5 Å². The predicted octanol–water partition coefficient (Wildman–Crippen LogP) is 1.37. The minimum atomic E-state index is -0.703. The van der Waals surface area contributed by atoms with Crippen LogP contribution in [-0.4, -0.2) is 46.7 Å². The Kier molecular flexibility index (Phi) is 9.49. The number of hydrogen-bond donors (Lipinski definition) is 3. The van der Waals surface area contributed by atoms with E-state index < -0.39 is 17.2 Å². The number of ether oxygens (including phenoxy) is 1. The number of nitrogens with two attached hydrogens (primary N) is 1. The number of carbonyl (C=O) groups excluding carboxylic acids is 2. The fourth-order valence-corrected chi connectivity index (χ4v) is 3.83. The van der Waals surface area contributed by atoms with Gasteiger partial charge in [0, 0.05) is 32.5 Å². The van der Waals surface area contributed by atoms with E-state index >= 15 is 0 Å². The van der Waals surface area contributed by atoms with Crippen molar-refractivity contribution in [3.63, 3.8) is 0 Å². The molecule has 1 saturated heterocycles. The van der Waals surface area contributed by atoms with Gasteiger partial charge >= 0.3 is 5.69 Å². The molecule has 10 nitrogen and oxygen atoms in total. The number of nitrogens with zero attached hydrogens (tertiary/aromatic N) is 2. The third kappa shape index (κ3) is 6.69. The van der Waals surface area contributed by atoms with Gasteiger partial charge in [-0.3, -0.25) is 23.9 Å². The molecule has 1 aromatic rings. The minimum absolute atomic E-state index is 0.00498. The number of aromatic nitrogens is 2. The van der Waals surface area contributed by atoms with E-state index in [0.717, 1.165) is 19.3 Å². The first-order valence-corrected chi connectivity index (χ1v) is 11.5. The van der Waals surface area contributed by atoms with Crippen molar-refractivity contribution in [1.29, 1.82) is 0 Å². The minimum Gasteiger partial charge on any atom is -0.383 e. The van der Waals surface area contributed by atoms with Gasteiger partial charge in [-0.25, -0.2) is 4.79 Å². The number of nitrogen functional groups attached to an aromatic ring is 1. The van der Waals surface area contributed by atoms with E-state index in [1.165, 1.54) is 9.47 Å². The van der Waals surface area contributed by atoms with Crippen molar-refractivity contribution < 1.29 is 14.3 Å². The highest BCUT2D eigenvalue weighted by Crippen LogP contribution is 2.20. The first kappa shape index (κ1) is 25.6. The molecule has 10 heteroatoms. The number of hydrogen-bond acceptors (Lipinski definition) is 6. The Bertz CT molecular complexity index is 901. The van der Waals surface area contributed by atoms with Gasteiger partial charge in [-0.15, -0.1) is 0 Å². The fraction of sp³-hybridized carbons (Fsp3) is 0.727. The van der Waals surface area contributed by atoms with E-state index in [-0.39, 0.29) is 54.9 Å². The van der Waals surface area contributed by atoms with E-state index in [9.17, 15) is 19.2 Å². The molecule has 32 heavy (non-hydrogen) atoms. The van der Waals surface area contributed by atoms with Gasteiger partial charge in [0.25, 0.3) is 5.56 Å². The normalized spacial score (nSPS) is 16.8. The van der Waals surface area contributed by atoms with Crippen molar-refractivity contribution >= 4 is 23.3 Å². The summed E-state index contributed by atoms with van der Waals surface area (Å²) in [5.41, 5.74) is 4.86. The third-order valence-electron chi connectivity index (χ3n) is 5.55. The van der Waals surface area contributed by atoms with Gasteiger partial charge in [0.2, 0.25) is 11.8 Å². The smallest absolute Gasteiger partial charge is 0.330 e. The molecule has 1 aliphatic rings. The van der Waals surface area contributed by atoms with Crippen LogP contribution in [-0.2, 0) is 20.9 Å². The average Bonchev–Trinajstić information content (AvgIpc) is 3.25. The summed E-state index contributed by atoms with van der Waals surface area (Å²) in [4.78, 5) is 53.8. The second kappa shape index (κ2) is 11.8. The maximum Gasteiger partial charge on any atom is 0.330 e. The van der Waals surface area contributed by atoms with Crippen LogP contribution in [0.15, 0.2) is 9.59 Å². The van der Waals surface area contributed by atoms with Gasteiger partial charge in [0.15, 0.2) is 5.69 Å². The number of amides is 2. The summed E-state index contributed by atoms with van der Waals surface area (Å²) in [6.45, 7) is 8.98. The molecule has 2 atom stereocenters. The average molecular weight is 452 g/mol. The van der Waals surface area contributed by atoms with E-state index in [1.54, 1.807) is 0 Å². The Balaban J connectivity index is 2.17. The first-order chi connectivity index (χ1) is 15.1. The van der Waals surface area contributed by atoms with Crippen LogP contribution < -0.4 is 27.2 Å². The summed E-state index contributed by atoms with van der Waals surface area (Å²) < 4.78 is 6.87. The molecule has 1 aromatic heterocycles. The molecule has 2 amide bonds. The molecule has 1 fully saturated rings. The number of anilines is 2. The Morgan fingerprint density at radius 1 is 1.28 bits per heavy atom. The van der Waals surface area contributed by atoms with Gasteiger partial charge < -0.3 is 20.7 Å². The van der Waals surface area contributed by atoms with Gasteiger partial charge in [-0.05, 0) is 32.1 Å². The van der Waals surface area contributed by atoms with E-state index in [0.29, 0.717) is 19.6 Å². The lowest BCUT2D eigenvalue weighted by Gasteiger charge is -2.26. The van der Waals surface area contributed by atoms with Gasteiger partial charge in [-0.1, -0.05) is 27.2 Å². The number of rotatable bonds is 11. The van der Waals surface area contributed by atoms with Crippen molar-refractivity contribution in [3.8, 4) is 0 Å². The summed E-state index contributed by atoms with van der Waals surface area (Å²) in [6.07, 6.45) is 3.32. The Hall–Kier alpha value is -2.62. The number of nitrogens with one attached hydrogen (secondary N) is 2. The number of unbranched alkanes of at least 4 members (excludes halogenated alkanes) is 1. The Morgan fingerprint density at radius 2 is 2.00 bits per heavy atom. The van der Waals surface area contributed by atoms with Crippen LogP contribution in [0.1, 0.15) is 66.2 Å². The molecular weight excluding hydrogens is 414 g/mol. The monoisotopic (exact) mass is 451 g/mol.